The van der Waals surface area contributed by atoms with E-state index in [9.17, 15) is 14.4 Å². The van der Waals surface area contributed by atoms with Gasteiger partial charge in [-0.25, -0.2) is 0 Å². The van der Waals surface area contributed by atoms with Gasteiger partial charge in [0.1, 0.15) is 13.2 Å². The lowest BCUT2D eigenvalue weighted by atomic mass is 10.1. The lowest BCUT2D eigenvalue weighted by Crippen LogP contribution is -2.30. The second-order valence-electron chi connectivity index (χ2n) is 17.5. The molecule has 0 fully saturated rings. The van der Waals surface area contributed by atoms with Crippen molar-refractivity contribution < 1.29 is 28.6 Å². The van der Waals surface area contributed by atoms with Gasteiger partial charge in [-0.3, -0.25) is 14.4 Å². The summed E-state index contributed by atoms with van der Waals surface area (Å²) in [5, 5.41) is 0. The largest absolute Gasteiger partial charge is 0.462 e. The van der Waals surface area contributed by atoms with Crippen LogP contribution in [0.15, 0.2) is 219 Å². The average Bonchev–Trinajstić information content (AvgIpc) is 3.41. The number of hydrogen-bond acceptors (Lipinski definition) is 6. The Labute approximate surface area is 457 Å². The zero-order valence-electron chi connectivity index (χ0n) is 46.7. The highest BCUT2D eigenvalue weighted by atomic mass is 16.6. The van der Waals surface area contributed by atoms with Crippen LogP contribution in [0.5, 0.6) is 0 Å². The highest BCUT2D eigenvalue weighted by molar-refractivity contribution is 5.71. The van der Waals surface area contributed by atoms with Crippen LogP contribution in [0.2, 0.25) is 0 Å². The third-order valence-corrected chi connectivity index (χ3v) is 10.7. The molecule has 0 saturated carbocycles. The molecule has 0 amide bonds. The van der Waals surface area contributed by atoms with E-state index in [4.69, 9.17) is 14.2 Å². The van der Waals surface area contributed by atoms with Gasteiger partial charge in [-0.1, -0.05) is 252 Å². The summed E-state index contributed by atoms with van der Waals surface area (Å²) in [4.78, 5) is 38.2. The Morgan fingerprint density at radius 1 is 0.280 bits per heavy atom. The number of carbonyl (C=O) groups excluding carboxylic acids is 3. The van der Waals surface area contributed by atoms with Crippen LogP contribution in [0.3, 0.4) is 0 Å². The molecule has 1 atom stereocenters. The van der Waals surface area contributed by atoms with E-state index in [1.807, 2.05) is 85.1 Å². The minimum atomic E-state index is -0.868. The van der Waals surface area contributed by atoms with E-state index < -0.39 is 12.1 Å². The highest BCUT2D eigenvalue weighted by Gasteiger charge is 2.19. The van der Waals surface area contributed by atoms with Crippen molar-refractivity contribution in [2.75, 3.05) is 13.2 Å². The zero-order valence-corrected chi connectivity index (χ0v) is 46.7. The third kappa shape index (κ3) is 58.5. The molecule has 1 unspecified atom stereocenters. The lowest BCUT2D eigenvalue weighted by Gasteiger charge is -2.18. The summed E-state index contributed by atoms with van der Waals surface area (Å²) in [6.07, 6.45) is 95.0. The van der Waals surface area contributed by atoms with E-state index in [-0.39, 0.29) is 44.4 Å². The first-order valence-electron chi connectivity index (χ1n) is 28.3. The van der Waals surface area contributed by atoms with Crippen molar-refractivity contribution >= 4 is 17.9 Å². The minimum absolute atomic E-state index is 0.155. The van der Waals surface area contributed by atoms with Gasteiger partial charge in [-0.05, 0) is 122 Å². The maximum absolute atomic E-state index is 12.8. The van der Waals surface area contributed by atoms with Gasteiger partial charge in [0.05, 0.1) is 0 Å². The van der Waals surface area contributed by atoms with Gasteiger partial charge in [0.15, 0.2) is 6.10 Å². The molecule has 0 saturated heterocycles. The molecule has 0 aliphatic rings. The van der Waals surface area contributed by atoms with Crippen LogP contribution in [0.4, 0.5) is 0 Å². The second-order valence-corrected chi connectivity index (χ2v) is 17.5. The number of unbranched alkanes of at least 4 members (excludes halogenated alkanes) is 6. The fraction of sp³-hybridized carbons (Fsp3) is 0.435. The summed E-state index contributed by atoms with van der Waals surface area (Å²) in [5.41, 5.74) is 0. The Bertz CT molecular complexity index is 1940. The summed E-state index contributed by atoms with van der Waals surface area (Å²) < 4.78 is 16.7. The van der Waals surface area contributed by atoms with E-state index in [1.54, 1.807) is 0 Å². The van der Waals surface area contributed by atoms with E-state index in [0.29, 0.717) is 19.3 Å². The summed E-state index contributed by atoms with van der Waals surface area (Å²) >= 11 is 0. The molecule has 0 heterocycles. The molecule has 0 spiro atoms. The first kappa shape index (κ1) is 68.7. The molecule has 0 rings (SSSR count). The molecule has 0 aromatic heterocycles. The predicted octanol–water partition coefficient (Wildman–Crippen LogP) is 19.4. The molecule has 0 aromatic carbocycles. The van der Waals surface area contributed by atoms with Crippen LogP contribution in [0.25, 0.3) is 0 Å². The van der Waals surface area contributed by atoms with Crippen molar-refractivity contribution in [3.63, 3.8) is 0 Å². The number of allylic oxidation sites excluding steroid dienone is 36. The topological polar surface area (TPSA) is 78.9 Å². The van der Waals surface area contributed by atoms with E-state index in [1.165, 1.54) is 0 Å². The maximum atomic E-state index is 12.8. The van der Waals surface area contributed by atoms with Gasteiger partial charge in [0, 0.05) is 19.3 Å². The minimum Gasteiger partial charge on any atom is -0.462 e. The third-order valence-electron chi connectivity index (χ3n) is 10.7. The summed E-state index contributed by atoms with van der Waals surface area (Å²) in [6, 6.07) is 0. The Morgan fingerprint density at radius 3 is 0.933 bits per heavy atom. The predicted molar refractivity (Wildman–Crippen MR) is 324 cm³/mol. The molecule has 6 nitrogen and oxygen atoms in total. The smallest absolute Gasteiger partial charge is 0.306 e. The molecule has 0 aliphatic carbocycles. The van der Waals surface area contributed by atoms with Crippen LogP contribution >= 0.6 is 0 Å². The number of carbonyl (C=O) groups is 3. The molecule has 6 heteroatoms. The summed E-state index contributed by atoms with van der Waals surface area (Å²) in [5.74, 6) is -1.13. The molecule has 0 aromatic rings. The number of rotatable bonds is 47. The van der Waals surface area contributed by atoms with Crippen LogP contribution in [-0.2, 0) is 28.6 Å². The van der Waals surface area contributed by atoms with Crippen LogP contribution in [0.1, 0.15) is 175 Å². The summed E-state index contributed by atoms with van der Waals surface area (Å²) in [7, 11) is 0. The Kier molecular flexibility index (Phi) is 55.2. The van der Waals surface area contributed by atoms with Crippen molar-refractivity contribution in [3.05, 3.63) is 219 Å². The normalized spacial score (nSPS) is 13.8. The fourth-order valence-corrected chi connectivity index (χ4v) is 6.53. The molecular weight excluding hydrogens is 925 g/mol. The van der Waals surface area contributed by atoms with Gasteiger partial charge >= 0.3 is 17.9 Å². The SMILES string of the molecule is CC\C=C/C=C\C=C/C=C\C=C\C=C/C=C\CCCCCC(=O)OCC(COC(=O)CCCCC/C=C\C/C=C\C/C=C\C/C=C\C/C=C\CC)OC(=O)CC/C=C\C/C=C\C/C=C\C/C=C\C/C=C\C/C=C\CC. The first-order chi connectivity index (χ1) is 37.0. The van der Waals surface area contributed by atoms with Gasteiger partial charge in [-0.2, -0.15) is 0 Å². The van der Waals surface area contributed by atoms with Gasteiger partial charge in [0.25, 0.3) is 0 Å². The number of hydrogen-bond donors (Lipinski definition) is 0. The highest BCUT2D eigenvalue weighted by Crippen LogP contribution is 2.10. The molecular formula is C69H98O6. The first-order valence-corrected chi connectivity index (χ1v) is 28.3. The zero-order chi connectivity index (χ0) is 54.3. The van der Waals surface area contributed by atoms with E-state index in [2.05, 4.69) is 154 Å². The van der Waals surface area contributed by atoms with E-state index >= 15 is 0 Å². The van der Waals surface area contributed by atoms with Crippen LogP contribution in [-0.4, -0.2) is 37.2 Å². The Morgan fingerprint density at radius 2 is 0.573 bits per heavy atom. The van der Waals surface area contributed by atoms with E-state index in [0.717, 1.165) is 116 Å². The van der Waals surface area contributed by atoms with Crippen molar-refractivity contribution in [1.82, 2.24) is 0 Å². The Hall–Kier alpha value is -6.27. The molecule has 0 aliphatic heterocycles. The quantitative estimate of drug-likeness (QED) is 0.0199. The Balaban J connectivity index is 4.73. The molecule has 0 radical (unpaired) electrons. The van der Waals surface area contributed by atoms with Crippen LogP contribution < -0.4 is 0 Å². The van der Waals surface area contributed by atoms with Crippen molar-refractivity contribution in [3.8, 4) is 0 Å². The average molecular weight is 1020 g/mol. The summed E-state index contributed by atoms with van der Waals surface area (Å²) in [6.45, 7) is 6.10. The van der Waals surface area contributed by atoms with Crippen molar-refractivity contribution in [1.29, 1.82) is 0 Å². The monoisotopic (exact) mass is 1020 g/mol. The van der Waals surface area contributed by atoms with Gasteiger partial charge in [0.2, 0.25) is 0 Å². The lowest BCUT2D eigenvalue weighted by molar-refractivity contribution is -0.166. The standard InChI is InChI=1S/C69H98O6/c1-4-7-10-13-16-19-22-25-28-31-34-37-40-43-46-49-52-55-58-61-67(70)73-64-66(75-69(72)63-60-57-54-51-48-45-42-39-36-33-30-27-24-21-18-15-12-9-6-3)65-74-68(71)62-59-56-53-50-47-44-41-38-35-32-29-26-23-20-17-14-11-8-5-2/h7-13,16-22,25-31,34-40,43-48,54,57,66H,4-6,14-15,23-24,32-33,41-42,49-53,55-56,58-65H2,1-3H3/b10-7-,11-8-,12-9-,16-13-,20-17-,21-18-,22-19-,28-25-,29-26-,30-27-,34-31+,38-35-,39-36-,40-37-,46-43-,47-44-,48-45-,57-54-. The van der Waals surface area contributed by atoms with Gasteiger partial charge < -0.3 is 14.2 Å². The molecule has 410 valence electrons. The van der Waals surface area contributed by atoms with Gasteiger partial charge in [-0.15, -0.1) is 0 Å². The van der Waals surface area contributed by atoms with Crippen molar-refractivity contribution in [2.45, 2.75) is 181 Å². The number of esters is 3. The van der Waals surface area contributed by atoms with Crippen molar-refractivity contribution in [2.24, 2.45) is 0 Å². The second kappa shape index (κ2) is 60.3. The molecule has 75 heavy (non-hydrogen) atoms. The number of ether oxygens (including phenoxy) is 3. The molecule has 0 bridgehead atoms. The maximum Gasteiger partial charge on any atom is 0.306 e. The fourth-order valence-electron chi connectivity index (χ4n) is 6.53. The van der Waals surface area contributed by atoms with Crippen LogP contribution in [0, 0.1) is 0 Å². The molecule has 0 N–H and O–H groups in total.